The number of urea groups is 1. The number of halogens is 1. The van der Waals surface area contributed by atoms with Crippen molar-refractivity contribution in [1.82, 2.24) is 15.5 Å². The van der Waals surface area contributed by atoms with Gasteiger partial charge in [0.2, 0.25) is 5.91 Å². The second kappa shape index (κ2) is 7.00. The first-order valence-electron chi connectivity index (χ1n) is 7.15. The lowest BCUT2D eigenvalue weighted by atomic mass is 9.92. The third kappa shape index (κ3) is 3.40. The van der Waals surface area contributed by atoms with Crippen LogP contribution in [0.3, 0.4) is 0 Å². The second-order valence-electron chi connectivity index (χ2n) is 5.19. The van der Waals surface area contributed by atoms with E-state index < -0.39 is 36.0 Å². The van der Waals surface area contributed by atoms with Crippen molar-refractivity contribution < 1.29 is 23.9 Å². The van der Waals surface area contributed by atoms with E-state index in [-0.39, 0.29) is 6.61 Å². The summed E-state index contributed by atoms with van der Waals surface area (Å²) in [5.74, 6) is -1.40. The van der Waals surface area contributed by atoms with E-state index in [1.165, 1.54) is 0 Å². The topological polar surface area (TPSA) is 105 Å². The van der Waals surface area contributed by atoms with Crippen molar-refractivity contribution in [2.75, 3.05) is 13.2 Å². The number of imide groups is 2. The molecule has 1 fully saturated rings. The van der Waals surface area contributed by atoms with Gasteiger partial charge in [0.15, 0.2) is 0 Å². The van der Waals surface area contributed by atoms with Gasteiger partial charge in [-0.25, -0.2) is 9.59 Å². The molecule has 1 aromatic rings. The fourth-order valence-corrected chi connectivity index (χ4v) is 3.04. The number of nitrogens with zero attached hydrogens (tertiary/aromatic N) is 1. The normalized spacial score (nSPS) is 19.9. The molecule has 0 bridgehead atoms. The lowest BCUT2D eigenvalue weighted by Crippen LogP contribution is -2.44. The number of benzene rings is 1. The smallest absolute Gasteiger partial charge is 0.413 e. The van der Waals surface area contributed by atoms with E-state index in [2.05, 4.69) is 26.0 Å². The van der Waals surface area contributed by atoms with E-state index in [4.69, 9.17) is 0 Å². The Morgan fingerprint density at radius 3 is 2.62 bits per heavy atom. The van der Waals surface area contributed by atoms with Crippen molar-refractivity contribution in [3.05, 3.63) is 34.3 Å². The van der Waals surface area contributed by atoms with Crippen molar-refractivity contribution in [2.45, 2.75) is 19.4 Å². The van der Waals surface area contributed by atoms with Gasteiger partial charge in [-0.05, 0) is 19.9 Å². The molecule has 9 heteroatoms. The molecule has 2 N–H and O–H groups in total. The zero-order valence-electron chi connectivity index (χ0n) is 13.1. The van der Waals surface area contributed by atoms with Gasteiger partial charge < -0.3 is 10.1 Å². The molecule has 1 aromatic carbocycles. The quantitative estimate of drug-likeness (QED) is 0.748. The third-order valence-electron chi connectivity index (χ3n) is 3.51. The number of hydrogen-bond donors (Lipinski definition) is 2. The van der Waals surface area contributed by atoms with Gasteiger partial charge >= 0.3 is 12.1 Å². The summed E-state index contributed by atoms with van der Waals surface area (Å²) in [6.45, 7) is 2.66. The van der Waals surface area contributed by atoms with E-state index in [0.29, 0.717) is 10.0 Å². The highest BCUT2D eigenvalue weighted by Crippen LogP contribution is 2.33. The highest BCUT2D eigenvalue weighted by Gasteiger charge is 2.50. The largest absolute Gasteiger partial charge is 0.450 e. The molecule has 0 saturated carbocycles. The van der Waals surface area contributed by atoms with Crippen LogP contribution >= 0.6 is 15.9 Å². The molecule has 1 atom stereocenters. The zero-order valence-corrected chi connectivity index (χ0v) is 14.7. The van der Waals surface area contributed by atoms with Crippen LogP contribution in [0.2, 0.25) is 0 Å². The molecule has 0 aliphatic carbocycles. The fourth-order valence-electron chi connectivity index (χ4n) is 2.35. The number of nitrogens with one attached hydrogen (secondary N) is 2. The van der Waals surface area contributed by atoms with Crippen LogP contribution in [0.25, 0.3) is 0 Å². The Morgan fingerprint density at radius 1 is 1.33 bits per heavy atom. The predicted octanol–water partition coefficient (Wildman–Crippen LogP) is 1.49. The first kappa shape index (κ1) is 17.9. The van der Waals surface area contributed by atoms with Crippen molar-refractivity contribution >= 4 is 39.9 Å². The summed E-state index contributed by atoms with van der Waals surface area (Å²) in [7, 11) is 0. The van der Waals surface area contributed by atoms with Gasteiger partial charge in [0.25, 0.3) is 5.91 Å². The summed E-state index contributed by atoms with van der Waals surface area (Å²) in [4.78, 5) is 48.5. The molecule has 24 heavy (non-hydrogen) atoms. The zero-order chi connectivity index (χ0) is 17.9. The average Bonchev–Trinajstić information content (AvgIpc) is 2.72. The van der Waals surface area contributed by atoms with Gasteiger partial charge in [0.1, 0.15) is 12.1 Å². The molecule has 0 aromatic heterocycles. The van der Waals surface area contributed by atoms with Crippen LogP contribution in [-0.4, -0.2) is 42.0 Å². The molecular formula is C15H16BrN3O5. The maximum atomic E-state index is 12.7. The predicted molar refractivity (Wildman–Crippen MR) is 86.9 cm³/mol. The molecule has 1 aliphatic rings. The monoisotopic (exact) mass is 397 g/mol. The van der Waals surface area contributed by atoms with Crippen molar-refractivity contribution in [3.8, 4) is 0 Å². The van der Waals surface area contributed by atoms with Gasteiger partial charge in [0, 0.05) is 10.0 Å². The van der Waals surface area contributed by atoms with Crippen LogP contribution in [0, 0.1) is 0 Å². The van der Waals surface area contributed by atoms with Crippen molar-refractivity contribution in [3.63, 3.8) is 0 Å². The number of hydrogen-bond acceptors (Lipinski definition) is 5. The van der Waals surface area contributed by atoms with Crippen molar-refractivity contribution in [2.24, 2.45) is 0 Å². The van der Waals surface area contributed by atoms with E-state index >= 15 is 0 Å². The molecule has 128 valence electrons. The van der Waals surface area contributed by atoms with Gasteiger partial charge in [-0.15, -0.1) is 0 Å². The molecule has 1 unspecified atom stereocenters. The summed E-state index contributed by atoms with van der Waals surface area (Å²) >= 11 is 3.35. The van der Waals surface area contributed by atoms with Gasteiger partial charge in [-0.3, -0.25) is 19.8 Å². The first-order valence-corrected chi connectivity index (χ1v) is 7.94. The lowest BCUT2D eigenvalue weighted by Gasteiger charge is -2.23. The number of ether oxygens (including phenoxy) is 1. The van der Waals surface area contributed by atoms with E-state index in [9.17, 15) is 19.2 Å². The summed E-state index contributed by atoms with van der Waals surface area (Å²) in [6, 6.07) is 6.25. The second-order valence-corrected chi connectivity index (χ2v) is 6.05. The average molecular weight is 398 g/mol. The molecule has 0 spiro atoms. The van der Waals surface area contributed by atoms with Gasteiger partial charge in [0.05, 0.1) is 6.61 Å². The van der Waals surface area contributed by atoms with Crippen LogP contribution in [0.15, 0.2) is 28.7 Å². The number of carbonyl (C=O) groups excluding carboxylic acids is 4. The summed E-state index contributed by atoms with van der Waals surface area (Å²) in [6.07, 6.45) is -0.928. The molecule has 8 nitrogen and oxygen atoms in total. The molecule has 1 aliphatic heterocycles. The molecule has 2 rings (SSSR count). The van der Waals surface area contributed by atoms with E-state index in [0.717, 1.165) is 4.90 Å². The molecule has 5 amide bonds. The Balaban J connectivity index is 2.16. The lowest BCUT2D eigenvalue weighted by molar-refractivity contribution is -0.134. The Bertz CT molecular complexity index is 708. The minimum Gasteiger partial charge on any atom is -0.450 e. The molecule has 1 heterocycles. The van der Waals surface area contributed by atoms with E-state index in [1.54, 1.807) is 38.1 Å². The van der Waals surface area contributed by atoms with Crippen LogP contribution < -0.4 is 10.6 Å². The Kier molecular flexibility index (Phi) is 5.23. The number of rotatable bonds is 4. The number of alkyl carbamates (subject to hydrolysis) is 1. The SMILES string of the molecule is CCOC(=O)NC(=O)CN1C(=O)NC(C)(c2ccccc2Br)C1=O. The molecule has 0 radical (unpaired) electrons. The Morgan fingerprint density at radius 2 is 2.00 bits per heavy atom. The third-order valence-corrected chi connectivity index (χ3v) is 4.20. The summed E-state index contributed by atoms with van der Waals surface area (Å²) < 4.78 is 5.23. The Hall–Kier alpha value is -2.42. The Labute approximate surface area is 146 Å². The molecular weight excluding hydrogens is 382 g/mol. The number of carbonyl (C=O) groups is 4. The standard InChI is InChI=1S/C15H16BrN3O5/c1-3-24-14(23)17-11(20)8-19-12(21)15(2,18-13(19)22)9-6-4-5-7-10(9)16/h4-7H,3,8H2,1-2H3,(H,18,22)(H,17,20,23). The van der Waals surface area contributed by atoms with Gasteiger partial charge in [-0.2, -0.15) is 0 Å². The van der Waals surface area contributed by atoms with Gasteiger partial charge in [-0.1, -0.05) is 34.1 Å². The minimum absolute atomic E-state index is 0.0996. The van der Waals surface area contributed by atoms with Crippen LogP contribution in [0.4, 0.5) is 9.59 Å². The highest BCUT2D eigenvalue weighted by molar-refractivity contribution is 9.10. The van der Waals surface area contributed by atoms with Crippen LogP contribution in [0.1, 0.15) is 19.4 Å². The number of amides is 5. The van der Waals surface area contributed by atoms with Crippen molar-refractivity contribution in [1.29, 1.82) is 0 Å². The maximum Gasteiger partial charge on any atom is 0.413 e. The highest BCUT2D eigenvalue weighted by atomic mass is 79.9. The van der Waals surface area contributed by atoms with Crippen LogP contribution in [0.5, 0.6) is 0 Å². The molecule has 1 saturated heterocycles. The first-order chi connectivity index (χ1) is 11.3. The van der Waals surface area contributed by atoms with Crippen LogP contribution in [-0.2, 0) is 19.9 Å². The summed E-state index contributed by atoms with van der Waals surface area (Å²) in [5, 5.41) is 4.53. The fraction of sp³-hybridized carbons (Fsp3) is 0.333. The maximum absolute atomic E-state index is 12.7. The summed E-state index contributed by atoms with van der Waals surface area (Å²) in [5.41, 5.74) is -0.738. The van der Waals surface area contributed by atoms with E-state index in [1.807, 2.05) is 5.32 Å². The minimum atomic E-state index is -1.30.